The largest absolute Gasteiger partial charge is 0.468 e. The lowest BCUT2D eigenvalue weighted by Crippen LogP contribution is -2.30. The fourth-order valence-corrected chi connectivity index (χ4v) is 1.66. The molecule has 0 spiro atoms. The highest BCUT2D eigenvalue weighted by molar-refractivity contribution is 4.97. The first-order chi connectivity index (χ1) is 8.18. The van der Waals surface area contributed by atoms with Gasteiger partial charge in [-0.25, -0.2) is 0 Å². The monoisotopic (exact) mass is 239 g/mol. The van der Waals surface area contributed by atoms with Crippen molar-refractivity contribution < 1.29 is 4.42 Å². The van der Waals surface area contributed by atoms with E-state index in [2.05, 4.69) is 36.3 Å². The van der Waals surface area contributed by atoms with Crippen LogP contribution < -0.4 is 5.32 Å². The fraction of sp³-hybridized carbons (Fsp3) is 0.692. The van der Waals surface area contributed by atoms with Gasteiger partial charge in [-0.2, -0.15) is 0 Å². The Morgan fingerprint density at radius 1 is 1.18 bits per heavy atom. The Balaban J connectivity index is 1.95. The highest BCUT2D eigenvalue weighted by Gasteiger charge is 2.01. The van der Waals surface area contributed by atoms with E-state index in [1.807, 2.05) is 12.1 Å². The molecular weight excluding hydrogens is 214 g/mol. The van der Waals surface area contributed by atoms with Crippen molar-refractivity contribution in [2.75, 3.05) is 47.3 Å². The van der Waals surface area contributed by atoms with Crippen molar-refractivity contribution in [1.82, 2.24) is 15.1 Å². The van der Waals surface area contributed by atoms with Gasteiger partial charge in [0.25, 0.3) is 0 Å². The maximum Gasteiger partial charge on any atom is 0.117 e. The standard InChI is InChI=1S/C13H25N3O/c1-15(2)9-5-7-14-8-10-16(3)12-13-6-4-11-17-13/h4,6,11,14H,5,7-10,12H2,1-3H3. The molecule has 0 aliphatic carbocycles. The number of hydrogen-bond donors (Lipinski definition) is 1. The maximum absolute atomic E-state index is 5.31. The predicted molar refractivity (Wildman–Crippen MR) is 71.1 cm³/mol. The normalized spacial score (nSPS) is 11.6. The molecule has 1 aromatic rings. The molecule has 0 unspecified atom stereocenters. The molecule has 0 aliphatic rings. The Morgan fingerprint density at radius 2 is 2.00 bits per heavy atom. The van der Waals surface area contributed by atoms with Crippen LogP contribution in [0, 0.1) is 0 Å². The van der Waals surface area contributed by atoms with E-state index in [1.54, 1.807) is 6.26 Å². The van der Waals surface area contributed by atoms with Crippen LogP contribution in [0.4, 0.5) is 0 Å². The molecule has 0 amide bonds. The zero-order chi connectivity index (χ0) is 12.5. The molecule has 1 N–H and O–H groups in total. The minimum absolute atomic E-state index is 0.881. The second kappa shape index (κ2) is 8.28. The van der Waals surface area contributed by atoms with Gasteiger partial charge in [0.2, 0.25) is 0 Å². The highest BCUT2D eigenvalue weighted by Crippen LogP contribution is 2.02. The van der Waals surface area contributed by atoms with Crippen molar-refractivity contribution in [1.29, 1.82) is 0 Å². The van der Waals surface area contributed by atoms with Crippen LogP contribution in [-0.4, -0.2) is 57.1 Å². The van der Waals surface area contributed by atoms with Gasteiger partial charge >= 0.3 is 0 Å². The van der Waals surface area contributed by atoms with E-state index in [0.29, 0.717) is 0 Å². The molecule has 0 saturated heterocycles. The Morgan fingerprint density at radius 3 is 2.65 bits per heavy atom. The zero-order valence-corrected chi connectivity index (χ0v) is 11.3. The summed E-state index contributed by atoms with van der Waals surface area (Å²) in [6.07, 6.45) is 2.93. The molecule has 0 atom stereocenters. The average Bonchev–Trinajstić information content (AvgIpc) is 2.75. The van der Waals surface area contributed by atoms with Crippen molar-refractivity contribution in [2.24, 2.45) is 0 Å². The first kappa shape index (κ1) is 14.2. The van der Waals surface area contributed by atoms with E-state index in [1.165, 1.54) is 6.42 Å². The molecule has 1 heterocycles. The number of nitrogens with zero attached hydrogens (tertiary/aromatic N) is 2. The van der Waals surface area contributed by atoms with Gasteiger partial charge < -0.3 is 14.6 Å². The Hall–Kier alpha value is -0.840. The molecule has 0 aromatic carbocycles. The first-order valence-corrected chi connectivity index (χ1v) is 6.25. The van der Waals surface area contributed by atoms with Gasteiger partial charge in [0, 0.05) is 13.1 Å². The summed E-state index contributed by atoms with van der Waals surface area (Å²) in [4.78, 5) is 4.47. The minimum Gasteiger partial charge on any atom is -0.468 e. The summed E-state index contributed by atoms with van der Waals surface area (Å²) in [6.45, 7) is 5.20. The molecule has 0 saturated carbocycles. The van der Waals surface area contributed by atoms with Crippen LogP contribution in [0.1, 0.15) is 12.2 Å². The molecule has 1 rings (SSSR count). The van der Waals surface area contributed by atoms with E-state index in [-0.39, 0.29) is 0 Å². The molecule has 0 radical (unpaired) electrons. The fourth-order valence-electron chi connectivity index (χ4n) is 1.66. The lowest BCUT2D eigenvalue weighted by atomic mass is 10.4. The van der Waals surface area contributed by atoms with Crippen LogP contribution in [0.2, 0.25) is 0 Å². The lowest BCUT2D eigenvalue weighted by molar-refractivity contribution is 0.292. The SMILES string of the molecule is CN(C)CCCNCCN(C)Cc1ccco1. The Labute approximate surface area is 105 Å². The molecule has 4 heteroatoms. The van der Waals surface area contributed by atoms with Gasteiger partial charge in [0.15, 0.2) is 0 Å². The second-order valence-corrected chi connectivity index (χ2v) is 4.72. The number of nitrogens with one attached hydrogen (secondary N) is 1. The highest BCUT2D eigenvalue weighted by atomic mass is 16.3. The van der Waals surface area contributed by atoms with Gasteiger partial charge in [-0.15, -0.1) is 0 Å². The third-order valence-electron chi connectivity index (χ3n) is 2.64. The van der Waals surface area contributed by atoms with E-state index in [0.717, 1.165) is 38.5 Å². The van der Waals surface area contributed by atoms with E-state index >= 15 is 0 Å². The van der Waals surface area contributed by atoms with Crippen molar-refractivity contribution in [3.8, 4) is 0 Å². The summed E-state index contributed by atoms with van der Waals surface area (Å²) in [5.41, 5.74) is 0. The summed E-state index contributed by atoms with van der Waals surface area (Å²) in [7, 11) is 6.33. The number of likely N-dealkylation sites (N-methyl/N-ethyl adjacent to an activating group) is 1. The summed E-state index contributed by atoms with van der Waals surface area (Å²) >= 11 is 0. The third kappa shape index (κ3) is 7.15. The van der Waals surface area contributed by atoms with Gasteiger partial charge in [0.05, 0.1) is 12.8 Å². The average molecular weight is 239 g/mol. The summed E-state index contributed by atoms with van der Waals surface area (Å²) in [5, 5.41) is 3.45. The molecule has 0 fully saturated rings. The van der Waals surface area contributed by atoms with Crippen molar-refractivity contribution in [3.63, 3.8) is 0 Å². The number of furan rings is 1. The lowest BCUT2D eigenvalue weighted by Gasteiger charge is -2.15. The van der Waals surface area contributed by atoms with Crippen LogP contribution in [0.15, 0.2) is 22.8 Å². The Bertz CT molecular complexity index is 272. The smallest absolute Gasteiger partial charge is 0.117 e. The summed E-state index contributed by atoms with van der Waals surface area (Å²) < 4.78 is 5.31. The Kier molecular flexibility index (Phi) is 6.93. The third-order valence-corrected chi connectivity index (χ3v) is 2.64. The molecule has 1 aromatic heterocycles. The first-order valence-electron chi connectivity index (χ1n) is 6.25. The summed E-state index contributed by atoms with van der Waals surface area (Å²) in [5.74, 6) is 1.03. The molecule has 0 bridgehead atoms. The molecule has 4 nitrogen and oxygen atoms in total. The van der Waals surface area contributed by atoms with Gasteiger partial charge in [0.1, 0.15) is 5.76 Å². The van der Waals surface area contributed by atoms with Gasteiger partial charge in [-0.1, -0.05) is 0 Å². The minimum atomic E-state index is 0.881. The van der Waals surface area contributed by atoms with Crippen molar-refractivity contribution in [2.45, 2.75) is 13.0 Å². The molecule has 0 aliphatic heterocycles. The summed E-state index contributed by atoms with van der Waals surface area (Å²) in [6, 6.07) is 3.95. The second-order valence-electron chi connectivity index (χ2n) is 4.72. The van der Waals surface area contributed by atoms with Gasteiger partial charge in [-0.3, -0.25) is 4.90 Å². The molecule has 98 valence electrons. The van der Waals surface area contributed by atoms with Crippen molar-refractivity contribution >= 4 is 0 Å². The maximum atomic E-state index is 5.31. The van der Waals surface area contributed by atoms with E-state index in [9.17, 15) is 0 Å². The van der Waals surface area contributed by atoms with Crippen LogP contribution in [0.25, 0.3) is 0 Å². The van der Waals surface area contributed by atoms with Gasteiger partial charge in [-0.05, 0) is 52.8 Å². The number of rotatable bonds is 9. The number of hydrogen-bond acceptors (Lipinski definition) is 4. The van der Waals surface area contributed by atoms with Crippen LogP contribution in [-0.2, 0) is 6.54 Å². The van der Waals surface area contributed by atoms with Crippen LogP contribution in [0.5, 0.6) is 0 Å². The molecular formula is C13H25N3O. The topological polar surface area (TPSA) is 31.6 Å². The molecule has 17 heavy (non-hydrogen) atoms. The predicted octanol–water partition coefficient (Wildman–Crippen LogP) is 1.25. The zero-order valence-electron chi connectivity index (χ0n) is 11.3. The van der Waals surface area contributed by atoms with Crippen molar-refractivity contribution in [3.05, 3.63) is 24.2 Å². The van der Waals surface area contributed by atoms with Crippen LogP contribution in [0.3, 0.4) is 0 Å². The van der Waals surface area contributed by atoms with E-state index in [4.69, 9.17) is 4.42 Å². The quantitative estimate of drug-likeness (QED) is 0.657. The van der Waals surface area contributed by atoms with E-state index < -0.39 is 0 Å². The van der Waals surface area contributed by atoms with Crippen LogP contribution >= 0.6 is 0 Å².